The maximum absolute atomic E-state index is 12.7. The van der Waals surface area contributed by atoms with Crippen LogP contribution in [-0.2, 0) is 11.8 Å². The zero-order valence-corrected chi connectivity index (χ0v) is 21.0. The zero-order chi connectivity index (χ0) is 24.5. The molecule has 0 unspecified atom stereocenters. The van der Waals surface area contributed by atoms with E-state index in [0.717, 1.165) is 41.7 Å². The van der Waals surface area contributed by atoms with Gasteiger partial charge in [-0.05, 0) is 69.4 Å². The number of nitrogens with one attached hydrogen (secondary N) is 3. The molecule has 0 atom stereocenters. The van der Waals surface area contributed by atoms with Crippen molar-refractivity contribution in [2.24, 2.45) is 7.05 Å². The summed E-state index contributed by atoms with van der Waals surface area (Å²) in [6.45, 7) is 1.87. The molecule has 3 N–H and O–H groups in total. The van der Waals surface area contributed by atoms with E-state index in [1.807, 2.05) is 35.9 Å². The predicted molar refractivity (Wildman–Crippen MR) is 140 cm³/mol. The third-order valence-electron chi connectivity index (χ3n) is 6.21. The van der Waals surface area contributed by atoms with E-state index in [1.165, 1.54) is 11.3 Å². The van der Waals surface area contributed by atoms with Crippen LogP contribution in [-0.4, -0.2) is 64.0 Å². The molecule has 3 heterocycles. The van der Waals surface area contributed by atoms with Gasteiger partial charge in [-0.1, -0.05) is 22.9 Å². The van der Waals surface area contributed by atoms with Gasteiger partial charge in [-0.2, -0.15) is 0 Å². The fourth-order valence-corrected chi connectivity index (χ4v) is 5.33. The number of carbonyl (C=O) groups excluding carboxylic acids is 2. The minimum Gasteiger partial charge on any atom is -0.352 e. The highest BCUT2D eigenvalue weighted by molar-refractivity contribution is 7.22. The summed E-state index contributed by atoms with van der Waals surface area (Å²) in [5.41, 5.74) is 2.85. The second-order valence-electron chi connectivity index (χ2n) is 8.78. The summed E-state index contributed by atoms with van der Waals surface area (Å²) in [6.07, 6.45) is 1.85. The van der Waals surface area contributed by atoms with Gasteiger partial charge in [-0.3, -0.25) is 9.59 Å². The number of aryl methyl sites for hydroxylation is 1. The molecule has 0 saturated carbocycles. The van der Waals surface area contributed by atoms with Crippen LogP contribution in [0, 0.1) is 0 Å². The highest BCUT2D eigenvalue weighted by Crippen LogP contribution is 2.31. The molecule has 4 aromatic rings. The summed E-state index contributed by atoms with van der Waals surface area (Å²) in [6, 6.07) is 11.0. The van der Waals surface area contributed by atoms with Crippen LogP contribution < -0.4 is 16.0 Å². The second-order valence-corrected chi connectivity index (χ2v) is 10.2. The predicted octanol–water partition coefficient (Wildman–Crippen LogP) is 3.52. The molecule has 11 heteroatoms. The van der Waals surface area contributed by atoms with Gasteiger partial charge in [0.05, 0.1) is 27.8 Å². The molecule has 182 valence electrons. The number of fused-ring (bicyclic) bond motifs is 2. The largest absolute Gasteiger partial charge is 0.352 e. The minimum atomic E-state index is -0.311. The van der Waals surface area contributed by atoms with Gasteiger partial charge in [0.25, 0.3) is 5.91 Å². The smallest absolute Gasteiger partial charge is 0.251 e. The maximum atomic E-state index is 12.7. The Morgan fingerprint density at radius 1 is 1.09 bits per heavy atom. The zero-order valence-electron chi connectivity index (χ0n) is 19.5. The molecule has 2 amide bonds. The Bertz CT molecular complexity index is 1410. The fraction of sp³-hybridized carbons (Fsp3) is 0.333. The van der Waals surface area contributed by atoms with E-state index in [-0.39, 0.29) is 24.4 Å². The molecular weight excluding hydrogens is 486 g/mol. The molecule has 1 saturated heterocycles. The van der Waals surface area contributed by atoms with Gasteiger partial charge in [-0.25, -0.2) is 9.97 Å². The molecule has 0 radical (unpaired) electrons. The van der Waals surface area contributed by atoms with Gasteiger partial charge in [0.1, 0.15) is 0 Å². The van der Waals surface area contributed by atoms with Crippen molar-refractivity contribution in [1.82, 2.24) is 30.1 Å². The van der Waals surface area contributed by atoms with Crippen molar-refractivity contribution < 1.29 is 9.59 Å². The highest BCUT2D eigenvalue weighted by Gasteiger charge is 2.19. The quantitative estimate of drug-likeness (QED) is 0.366. The number of amides is 2. The van der Waals surface area contributed by atoms with Gasteiger partial charge >= 0.3 is 0 Å². The molecule has 1 fully saturated rings. The molecule has 2 aromatic carbocycles. The molecule has 9 nitrogen and oxygen atoms in total. The Balaban J connectivity index is 1.24. The van der Waals surface area contributed by atoms with Gasteiger partial charge in [0, 0.05) is 23.7 Å². The SMILES string of the molecule is CN1CCC(NC(=O)CNC(=O)c2ccc3c(c2)nc(Nc2nc4ccc(Cl)cc4s2)n3C)CC1. The monoisotopic (exact) mass is 511 g/mol. The Kier molecular flexibility index (Phi) is 6.59. The van der Waals surface area contributed by atoms with E-state index in [0.29, 0.717) is 27.2 Å². The minimum absolute atomic E-state index is 0.0557. The standard InChI is InChI=1S/C24H26ClN7O2S/c1-31-9-7-16(8-10-31)27-21(33)13-26-22(34)14-3-6-19-18(11-14)28-23(32(19)2)30-24-29-17-5-4-15(25)12-20(17)35-24/h3-6,11-12,16H,7-10,13H2,1-2H3,(H,26,34)(H,27,33)(H,28,29,30). The second kappa shape index (κ2) is 9.80. The van der Waals surface area contributed by atoms with Gasteiger partial charge < -0.3 is 25.4 Å². The number of anilines is 2. The van der Waals surface area contributed by atoms with Crippen LogP contribution >= 0.6 is 22.9 Å². The first kappa shape index (κ1) is 23.5. The number of thiazole rings is 1. The third kappa shape index (κ3) is 5.24. The van der Waals surface area contributed by atoms with Crippen LogP contribution in [0.4, 0.5) is 11.1 Å². The van der Waals surface area contributed by atoms with Crippen molar-refractivity contribution in [3.05, 3.63) is 47.0 Å². The van der Waals surface area contributed by atoms with Crippen molar-refractivity contribution >= 4 is 67.1 Å². The Morgan fingerprint density at radius 2 is 1.89 bits per heavy atom. The Labute approximate surface area is 211 Å². The van der Waals surface area contributed by atoms with E-state index >= 15 is 0 Å². The lowest BCUT2D eigenvalue weighted by Gasteiger charge is -2.29. The number of piperidine rings is 1. The van der Waals surface area contributed by atoms with Gasteiger partial charge in [0.15, 0.2) is 5.13 Å². The van der Waals surface area contributed by atoms with Crippen LogP contribution in [0.3, 0.4) is 0 Å². The number of hydrogen-bond donors (Lipinski definition) is 3. The van der Waals surface area contributed by atoms with Crippen molar-refractivity contribution in [1.29, 1.82) is 0 Å². The molecule has 2 aromatic heterocycles. The number of likely N-dealkylation sites (tertiary alicyclic amines) is 1. The average Bonchev–Trinajstić information content (AvgIpc) is 3.38. The lowest BCUT2D eigenvalue weighted by atomic mass is 10.1. The van der Waals surface area contributed by atoms with E-state index < -0.39 is 0 Å². The van der Waals surface area contributed by atoms with Crippen LogP contribution in [0.25, 0.3) is 21.3 Å². The number of carbonyl (C=O) groups is 2. The molecule has 1 aliphatic rings. The van der Waals surface area contributed by atoms with Gasteiger partial charge in [0.2, 0.25) is 11.9 Å². The number of hydrogen-bond acceptors (Lipinski definition) is 7. The lowest BCUT2D eigenvalue weighted by Crippen LogP contribution is -2.46. The number of aromatic nitrogens is 3. The van der Waals surface area contributed by atoms with E-state index in [1.54, 1.807) is 12.1 Å². The summed E-state index contributed by atoms with van der Waals surface area (Å²) < 4.78 is 2.89. The number of halogens is 1. The van der Waals surface area contributed by atoms with Crippen molar-refractivity contribution in [2.75, 3.05) is 32.0 Å². The summed E-state index contributed by atoms with van der Waals surface area (Å²) >= 11 is 7.57. The average molecular weight is 512 g/mol. The summed E-state index contributed by atoms with van der Waals surface area (Å²) in [5, 5.41) is 10.3. The van der Waals surface area contributed by atoms with E-state index in [4.69, 9.17) is 11.6 Å². The lowest BCUT2D eigenvalue weighted by molar-refractivity contribution is -0.121. The molecule has 35 heavy (non-hydrogen) atoms. The number of imidazole rings is 1. The molecule has 5 rings (SSSR count). The van der Waals surface area contributed by atoms with Crippen LogP contribution in [0.15, 0.2) is 36.4 Å². The Hall–Kier alpha value is -3.21. The first-order valence-corrected chi connectivity index (χ1v) is 12.6. The topological polar surface area (TPSA) is 104 Å². The Morgan fingerprint density at radius 3 is 2.69 bits per heavy atom. The number of rotatable bonds is 6. The third-order valence-corrected chi connectivity index (χ3v) is 7.37. The molecule has 0 spiro atoms. The van der Waals surface area contributed by atoms with Crippen LogP contribution in [0.1, 0.15) is 23.2 Å². The van der Waals surface area contributed by atoms with Crippen LogP contribution in [0.5, 0.6) is 0 Å². The van der Waals surface area contributed by atoms with Crippen molar-refractivity contribution in [3.63, 3.8) is 0 Å². The van der Waals surface area contributed by atoms with Crippen LogP contribution in [0.2, 0.25) is 5.02 Å². The van der Waals surface area contributed by atoms with Gasteiger partial charge in [-0.15, -0.1) is 0 Å². The van der Waals surface area contributed by atoms with E-state index in [2.05, 4.69) is 37.9 Å². The molecule has 0 aliphatic carbocycles. The summed E-state index contributed by atoms with van der Waals surface area (Å²) in [5.74, 6) is 0.129. The highest BCUT2D eigenvalue weighted by atomic mass is 35.5. The van der Waals surface area contributed by atoms with Crippen molar-refractivity contribution in [3.8, 4) is 0 Å². The first-order chi connectivity index (χ1) is 16.9. The molecular formula is C24H26ClN7O2S. The van der Waals surface area contributed by atoms with E-state index in [9.17, 15) is 9.59 Å². The molecule has 0 bridgehead atoms. The molecule has 1 aliphatic heterocycles. The number of benzene rings is 2. The first-order valence-electron chi connectivity index (χ1n) is 11.4. The summed E-state index contributed by atoms with van der Waals surface area (Å²) in [7, 11) is 3.97. The summed E-state index contributed by atoms with van der Waals surface area (Å²) in [4.78, 5) is 36.4. The fourth-order valence-electron chi connectivity index (χ4n) is 4.19. The maximum Gasteiger partial charge on any atom is 0.251 e. The number of nitrogens with zero attached hydrogens (tertiary/aromatic N) is 4. The normalized spacial score (nSPS) is 14.9. The van der Waals surface area contributed by atoms with Crippen molar-refractivity contribution in [2.45, 2.75) is 18.9 Å².